The number of carbonyl (C=O) groups is 1. The van der Waals surface area contributed by atoms with Gasteiger partial charge in [0.2, 0.25) is 5.89 Å². The number of nitrogens with zero attached hydrogens (tertiary/aromatic N) is 4. The molecule has 1 aliphatic rings. The zero-order valence-corrected chi connectivity index (χ0v) is 14.3. The van der Waals surface area contributed by atoms with Crippen LogP contribution >= 0.6 is 0 Å². The first kappa shape index (κ1) is 16.3. The van der Waals surface area contributed by atoms with E-state index < -0.39 is 0 Å². The van der Waals surface area contributed by atoms with Gasteiger partial charge in [0.25, 0.3) is 5.91 Å². The first-order valence-corrected chi connectivity index (χ1v) is 8.58. The number of phenolic OH excluding ortho intramolecular Hbond substituents is 1. The van der Waals surface area contributed by atoms with Gasteiger partial charge in [-0.25, -0.2) is 0 Å². The van der Waals surface area contributed by atoms with Crippen molar-refractivity contribution < 1.29 is 14.4 Å². The van der Waals surface area contributed by atoms with Gasteiger partial charge < -0.3 is 14.5 Å². The van der Waals surface area contributed by atoms with Crippen LogP contribution in [-0.4, -0.2) is 42.8 Å². The van der Waals surface area contributed by atoms with Gasteiger partial charge in [-0.05, 0) is 44.4 Å². The molecule has 8 nitrogen and oxygen atoms in total. The lowest BCUT2D eigenvalue weighted by molar-refractivity contribution is 0.0555. The molecule has 2 aromatic heterocycles. The topological polar surface area (TPSA) is 108 Å². The van der Waals surface area contributed by atoms with E-state index in [1.54, 1.807) is 36.1 Å². The number of rotatable bonds is 3. The Balaban J connectivity index is 1.61. The molecular formula is C18H19N5O3. The summed E-state index contributed by atoms with van der Waals surface area (Å²) in [6.45, 7) is 2.38. The van der Waals surface area contributed by atoms with E-state index in [0.29, 0.717) is 35.2 Å². The van der Waals surface area contributed by atoms with Crippen molar-refractivity contribution in [1.29, 1.82) is 0 Å². The number of nitrogens with one attached hydrogen (secondary N) is 1. The summed E-state index contributed by atoms with van der Waals surface area (Å²) in [4.78, 5) is 19.1. The molecule has 0 bridgehead atoms. The van der Waals surface area contributed by atoms with E-state index in [1.807, 2.05) is 6.07 Å². The Morgan fingerprint density at radius 1 is 1.35 bits per heavy atom. The summed E-state index contributed by atoms with van der Waals surface area (Å²) in [5, 5.41) is 20.8. The number of carbonyl (C=O) groups excluding carboxylic acids is 1. The number of likely N-dealkylation sites (tertiary alicyclic amines) is 1. The first-order valence-electron chi connectivity index (χ1n) is 8.58. The number of amides is 1. The summed E-state index contributed by atoms with van der Waals surface area (Å²) in [5.74, 6) is 0.979. The number of benzene rings is 1. The van der Waals surface area contributed by atoms with E-state index in [1.165, 1.54) is 0 Å². The van der Waals surface area contributed by atoms with Gasteiger partial charge in [0.05, 0.1) is 5.69 Å². The van der Waals surface area contributed by atoms with Crippen molar-refractivity contribution in [2.75, 3.05) is 6.54 Å². The maximum atomic E-state index is 13.0. The van der Waals surface area contributed by atoms with Gasteiger partial charge in [-0.3, -0.25) is 9.89 Å². The van der Waals surface area contributed by atoms with Crippen LogP contribution in [0.5, 0.6) is 5.75 Å². The van der Waals surface area contributed by atoms with Crippen LogP contribution in [-0.2, 0) is 0 Å². The van der Waals surface area contributed by atoms with Crippen LogP contribution < -0.4 is 0 Å². The number of H-pyrrole nitrogens is 1. The average Bonchev–Trinajstić information content (AvgIpc) is 3.31. The zero-order chi connectivity index (χ0) is 18.1. The molecule has 26 heavy (non-hydrogen) atoms. The lowest BCUT2D eigenvalue weighted by Gasteiger charge is -2.32. The predicted molar refractivity (Wildman–Crippen MR) is 92.4 cm³/mol. The van der Waals surface area contributed by atoms with E-state index in [0.717, 1.165) is 19.3 Å². The maximum Gasteiger partial charge on any atom is 0.272 e. The smallest absolute Gasteiger partial charge is 0.272 e. The van der Waals surface area contributed by atoms with Crippen LogP contribution in [0.25, 0.3) is 11.3 Å². The Hall–Kier alpha value is -3.16. The lowest BCUT2D eigenvalue weighted by Crippen LogP contribution is -2.38. The highest BCUT2D eigenvalue weighted by atomic mass is 16.5. The summed E-state index contributed by atoms with van der Waals surface area (Å²) >= 11 is 0. The van der Waals surface area contributed by atoms with E-state index in [9.17, 15) is 9.90 Å². The summed E-state index contributed by atoms with van der Waals surface area (Å²) < 4.78 is 5.30. The maximum absolute atomic E-state index is 13.0. The van der Waals surface area contributed by atoms with Crippen LogP contribution in [0.2, 0.25) is 0 Å². The molecule has 0 spiro atoms. The Morgan fingerprint density at radius 2 is 2.19 bits per heavy atom. The Labute approximate surface area is 149 Å². The van der Waals surface area contributed by atoms with Crippen molar-refractivity contribution in [3.05, 3.63) is 47.7 Å². The molecule has 3 heterocycles. The molecule has 3 aromatic rings. The van der Waals surface area contributed by atoms with Crippen LogP contribution in [0, 0.1) is 6.92 Å². The number of piperidine rings is 1. The number of hydrogen-bond acceptors (Lipinski definition) is 6. The Morgan fingerprint density at radius 3 is 2.96 bits per heavy atom. The molecule has 1 fully saturated rings. The first-order chi connectivity index (χ1) is 12.6. The number of hydrogen-bond donors (Lipinski definition) is 2. The van der Waals surface area contributed by atoms with Gasteiger partial charge in [0, 0.05) is 12.1 Å². The lowest BCUT2D eigenvalue weighted by atomic mass is 10.0. The summed E-state index contributed by atoms with van der Waals surface area (Å²) in [7, 11) is 0. The molecule has 1 amide bonds. The van der Waals surface area contributed by atoms with Crippen LogP contribution in [0.4, 0.5) is 0 Å². The molecule has 0 saturated carbocycles. The zero-order valence-electron chi connectivity index (χ0n) is 14.3. The molecular weight excluding hydrogens is 334 g/mol. The summed E-state index contributed by atoms with van der Waals surface area (Å²) in [5.41, 5.74) is 1.46. The van der Waals surface area contributed by atoms with Gasteiger partial charge in [-0.15, -0.1) is 0 Å². The number of aromatic nitrogens is 4. The van der Waals surface area contributed by atoms with Crippen molar-refractivity contribution >= 4 is 5.91 Å². The number of para-hydroxylation sites is 1. The second-order valence-corrected chi connectivity index (χ2v) is 6.37. The standard InChI is InChI=1S/C18H19N5O3/c1-11-19-17(26-22-11)15-7-4-5-9-23(15)18(25)14-10-13(20-21-14)12-6-2-3-8-16(12)24/h2-3,6,8,10,15,24H,4-5,7,9H2,1H3,(H,20,21)/t15-/m0/s1. The quantitative estimate of drug-likeness (QED) is 0.749. The van der Waals surface area contributed by atoms with E-state index in [2.05, 4.69) is 20.3 Å². The van der Waals surface area contributed by atoms with Gasteiger partial charge in [0.1, 0.15) is 17.5 Å². The molecule has 1 atom stereocenters. The number of aromatic amines is 1. The second kappa shape index (κ2) is 6.62. The van der Waals surface area contributed by atoms with Crippen molar-refractivity contribution in [2.45, 2.75) is 32.2 Å². The molecule has 0 radical (unpaired) electrons. The third-order valence-corrected chi connectivity index (χ3v) is 4.58. The third kappa shape index (κ3) is 2.94. The van der Waals surface area contributed by atoms with Gasteiger partial charge in [-0.2, -0.15) is 10.1 Å². The fraction of sp³-hybridized carbons (Fsp3) is 0.333. The van der Waals surface area contributed by atoms with Crippen molar-refractivity contribution in [3.63, 3.8) is 0 Å². The van der Waals surface area contributed by atoms with Crippen molar-refractivity contribution in [3.8, 4) is 17.0 Å². The average molecular weight is 353 g/mol. The minimum Gasteiger partial charge on any atom is -0.507 e. The Kier molecular flexibility index (Phi) is 4.16. The fourth-order valence-corrected chi connectivity index (χ4v) is 3.29. The van der Waals surface area contributed by atoms with Crippen LogP contribution in [0.3, 0.4) is 0 Å². The Bertz CT molecular complexity index is 932. The highest BCUT2D eigenvalue weighted by Crippen LogP contribution is 2.32. The third-order valence-electron chi connectivity index (χ3n) is 4.58. The highest BCUT2D eigenvalue weighted by molar-refractivity contribution is 5.93. The highest BCUT2D eigenvalue weighted by Gasteiger charge is 2.33. The number of aryl methyl sites for hydroxylation is 1. The largest absolute Gasteiger partial charge is 0.507 e. The SMILES string of the molecule is Cc1noc([C@@H]2CCCCN2C(=O)c2cc(-c3ccccc3O)n[nH]2)n1. The molecule has 8 heteroatoms. The minimum atomic E-state index is -0.227. The van der Waals surface area contributed by atoms with Gasteiger partial charge in [0.15, 0.2) is 5.82 Å². The molecule has 0 unspecified atom stereocenters. The second-order valence-electron chi connectivity index (χ2n) is 6.37. The predicted octanol–water partition coefficient (Wildman–Crippen LogP) is 2.84. The fourth-order valence-electron chi connectivity index (χ4n) is 3.29. The van der Waals surface area contributed by atoms with E-state index in [4.69, 9.17) is 4.52 Å². The van der Waals surface area contributed by atoms with Crippen LogP contribution in [0.1, 0.15) is 47.5 Å². The van der Waals surface area contributed by atoms with E-state index >= 15 is 0 Å². The van der Waals surface area contributed by atoms with Crippen molar-refractivity contribution in [1.82, 2.24) is 25.2 Å². The number of aromatic hydroxyl groups is 1. The molecule has 134 valence electrons. The van der Waals surface area contributed by atoms with Crippen LogP contribution in [0.15, 0.2) is 34.9 Å². The monoisotopic (exact) mass is 353 g/mol. The molecule has 2 N–H and O–H groups in total. The van der Waals surface area contributed by atoms with Gasteiger partial charge >= 0.3 is 0 Å². The van der Waals surface area contributed by atoms with Crippen molar-refractivity contribution in [2.24, 2.45) is 0 Å². The molecule has 1 saturated heterocycles. The van der Waals surface area contributed by atoms with E-state index in [-0.39, 0.29) is 17.7 Å². The molecule has 0 aliphatic carbocycles. The summed E-state index contributed by atoms with van der Waals surface area (Å²) in [6, 6.07) is 8.32. The summed E-state index contributed by atoms with van der Waals surface area (Å²) in [6.07, 6.45) is 2.71. The molecule has 1 aliphatic heterocycles. The minimum absolute atomic E-state index is 0.121. The normalized spacial score (nSPS) is 17.4. The molecule has 4 rings (SSSR count). The molecule has 1 aromatic carbocycles. The van der Waals surface area contributed by atoms with Gasteiger partial charge in [-0.1, -0.05) is 17.3 Å². The number of phenols is 1.